The molecule has 0 atom stereocenters. The highest BCUT2D eigenvalue weighted by atomic mass is 79.9. The van der Waals surface area contributed by atoms with Crippen LogP contribution in [-0.4, -0.2) is 43.1 Å². The maximum absolute atomic E-state index is 13.3. The summed E-state index contributed by atoms with van der Waals surface area (Å²) in [6.45, 7) is 5.09. The van der Waals surface area contributed by atoms with Crippen molar-refractivity contribution in [1.29, 1.82) is 0 Å². The highest BCUT2D eigenvalue weighted by Crippen LogP contribution is 2.32. The summed E-state index contributed by atoms with van der Waals surface area (Å²) >= 11 is 3.41. The molecular formula is C31H31BrN2O7. The fourth-order valence-electron chi connectivity index (χ4n) is 4.07. The second kappa shape index (κ2) is 13.8. The van der Waals surface area contributed by atoms with Crippen molar-refractivity contribution in [2.75, 3.05) is 20.3 Å². The van der Waals surface area contributed by atoms with Gasteiger partial charge in [-0.2, -0.15) is 0 Å². The van der Waals surface area contributed by atoms with Gasteiger partial charge in [-0.15, -0.1) is 0 Å². The number of hydrogen-bond donors (Lipinski definition) is 1. The number of hydrogen-bond acceptors (Lipinski definition) is 7. The Kier molecular flexibility index (Phi) is 10.0. The summed E-state index contributed by atoms with van der Waals surface area (Å²) in [5, 5.41) is 2.26. The van der Waals surface area contributed by atoms with Gasteiger partial charge in [-0.1, -0.05) is 47.1 Å². The van der Waals surface area contributed by atoms with Gasteiger partial charge < -0.3 is 18.9 Å². The monoisotopic (exact) mass is 622 g/mol. The molecule has 0 unspecified atom stereocenters. The van der Waals surface area contributed by atoms with Crippen LogP contribution in [0.5, 0.6) is 23.0 Å². The fraction of sp³-hybridized carbons (Fsp3) is 0.258. The zero-order valence-electron chi connectivity index (χ0n) is 23.1. The van der Waals surface area contributed by atoms with Crippen LogP contribution < -0.4 is 24.3 Å². The summed E-state index contributed by atoms with van der Waals surface area (Å²) < 4.78 is 23.8. The highest BCUT2D eigenvalue weighted by Gasteiger charge is 2.36. The van der Waals surface area contributed by atoms with Crippen molar-refractivity contribution >= 4 is 39.9 Å². The van der Waals surface area contributed by atoms with Crippen molar-refractivity contribution in [3.05, 3.63) is 87.4 Å². The zero-order valence-corrected chi connectivity index (χ0v) is 24.7. The summed E-state index contributed by atoms with van der Waals surface area (Å²) in [5.74, 6) is 0.555. The average molecular weight is 624 g/mol. The van der Waals surface area contributed by atoms with Crippen LogP contribution in [0.15, 0.2) is 70.7 Å². The third-order valence-electron chi connectivity index (χ3n) is 6.10. The largest absolute Gasteiger partial charge is 0.493 e. The van der Waals surface area contributed by atoms with Gasteiger partial charge in [-0.25, -0.2) is 4.79 Å². The number of halogens is 1. The molecule has 1 saturated heterocycles. The van der Waals surface area contributed by atoms with Crippen molar-refractivity contribution < 1.29 is 33.3 Å². The number of methoxy groups -OCH3 is 1. The summed E-state index contributed by atoms with van der Waals surface area (Å²) in [7, 11) is 1.51. The molecule has 1 aliphatic heterocycles. The van der Waals surface area contributed by atoms with Gasteiger partial charge >= 0.3 is 6.03 Å². The smallest absolute Gasteiger partial charge is 0.331 e. The molecule has 0 spiro atoms. The Balaban J connectivity index is 1.53. The molecule has 1 heterocycles. The molecule has 214 valence electrons. The van der Waals surface area contributed by atoms with Crippen LogP contribution >= 0.6 is 15.9 Å². The number of ether oxygens (including phenoxy) is 4. The Morgan fingerprint density at radius 2 is 1.54 bits per heavy atom. The summed E-state index contributed by atoms with van der Waals surface area (Å²) in [6.07, 6.45) is 2.26. The topological polar surface area (TPSA) is 103 Å². The van der Waals surface area contributed by atoms with Gasteiger partial charge in [0.2, 0.25) is 0 Å². The van der Waals surface area contributed by atoms with Crippen molar-refractivity contribution in [2.45, 2.75) is 33.4 Å². The van der Waals surface area contributed by atoms with Crippen LogP contribution in [0.2, 0.25) is 0 Å². The van der Waals surface area contributed by atoms with Crippen LogP contribution in [0.4, 0.5) is 4.79 Å². The summed E-state index contributed by atoms with van der Waals surface area (Å²) in [6, 6.07) is 17.3. The molecule has 10 heteroatoms. The first kappa shape index (κ1) is 29.7. The number of imide groups is 2. The van der Waals surface area contributed by atoms with E-state index in [9.17, 15) is 14.4 Å². The molecule has 1 aliphatic rings. The Bertz CT molecular complexity index is 1450. The number of carbonyl (C=O) groups is 3. The van der Waals surface area contributed by atoms with Crippen LogP contribution in [0.25, 0.3) is 6.08 Å². The molecule has 0 radical (unpaired) electrons. The molecule has 4 amide bonds. The second-order valence-electron chi connectivity index (χ2n) is 9.10. The minimum atomic E-state index is -0.796. The van der Waals surface area contributed by atoms with Crippen molar-refractivity contribution in [3.63, 3.8) is 0 Å². The van der Waals surface area contributed by atoms with Gasteiger partial charge in [0.05, 0.1) is 26.9 Å². The maximum atomic E-state index is 13.3. The first-order chi connectivity index (χ1) is 19.8. The Labute approximate surface area is 247 Å². The van der Waals surface area contributed by atoms with Crippen LogP contribution in [0, 0.1) is 0 Å². The summed E-state index contributed by atoms with van der Waals surface area (Å²) in [5.41, 5.74) is 1.97. The van der Waals surface area contributed by atoms with Gasteiger partial charge in [0.1, 0.15) is 12.2 Å². The molecule has 3 aromatic rings. The number of amides is 4. The lowest BCUT2D eigenvalue weighted by Crippen LogP contribution is -2.53. The minimum absolute atomic E-state index is 0.0599. The van der Waals surface area contributed by atoms with E-state index in [1.807, 2.05) is 38.1 Å². The second-order valence-corrected chi connectivity index (χ2v) is 10.0. The van der Waals surface area contributed by atoms with E-state index in [0.717, 1.165) is 21.4 Å². The molecule has 0 saturated carbocycles. The first-order valence-electron chi connectivity index (χ1n) is 13.2. The van der Waals surface area contributed by atoms with E-state index in [0.29, 0.717) is 53.9 Å². The third-order valence-corrected chi connectivity index (χ3v) is 6.63. The van der Waals surface area contributed by atoms with E-state index in [-0.39, 0.29) is 12.1 Å². The first-order valence-corrected chi connectivity index (χ1v) is 13.9. The zero-order chi connectivity index (χ0) is 29.4. The number of urea groups is 1. The van der Waals surface area contributed by atoms with Crippen molar-refractivity contribution in [1.82, 2.24) is 10.2 Å². The van der Waals surface area contributed by atoms with Gasteiger partial charge in [0.15, 0.2) is 23.0 Å². The Morgan fingerprint density at radius 3 is 2.24 bits per heavy atom. The van der Waals surface area contributed by atoms with Crippen LogP contribution in [0.3, 0.4) is 0 Å². The molecule has 4 rings (SSSR count). The van der Waals surface area contributed by atoms with E-state index in [4.69, 9.17) is 18.9 Å². The quantitative estimate of drug-likeness (QED) is 0.198. The van der Waals surface area contributed by atoms with Crippen LogP contribution in [-0.2, 0) is 22.7 Å². The minimum Gasteiger partial charge on any atom is -0.493 e. The molecular weight excluding hydrogens is 592 g/mol. The predicted molar refractivity (Wildman–Crippen MR) is 157 cm³/mol. The molecule has 3 aromatic carbocycles. The number of nitrogens with one attached hydrogen (secondary N) is 1. The van der Waals surface area contributed by atoms with E-state index >= 15 is 0 Å². The number of carbonyl (C=O) groups excluding carboxylic acids is 3. The summed E-state index contributed by atoms with van der Waals surface area (Å²) in [4.78, 5) is 39.6. The molecule has 9 nitrogen and oxygen atoms in total. The third kappa shape index (κ3) is 7.46. The SMILES string of the molecule is CCCOc1ccc(CN2C(=O)NC(=O)/C(=C\c3ccc(OCc4ccc(Br)cc4)c(OC)c3)C2=O)cc1OCC. The van der Waals surface area contributed by atoms with Gasteiger partial charge in [-0.05, 0) is 72.5 Å². The van der Waals surface area contributed by atoms with E-state index in [2.05, 4.69) is 21.2 Å². The van der Waals surface area contributed by atoms with Crippen molar-refractivity contribution in [2.24, 2.45) is 0 Å². The molecule has 0 aliphatic carbocycles. The normalized spacial score (nSPS) is 14.2. The standard InChI is InChI=1S/C31H31BrN2O7/c1-4-14-40-26-13-9-22(17-28(26)39-5-2)18-34-30(36)24(29(35)33-31(34)37)15-21-8-12-25(27(16-21)38-3)41-19-20-6-10-23(32)11-7-20/h6-13,15-17H,4-5,14,18-19H2,1-3H3,(H,33,35,37)/b24-15+. The van der Waals surface area contributed by atoms with E-state index < -0.39 is 17.8 Å². The number of barbiturate groups is 1. The van der Waals surface area contributed by atoms with Gasteiger partial charge in [-0.3, -0.25) is 19.8 Å². The fourth-order valence-corrected chi connectivity index (χ4v) is 4.34. The number of rotatable bonds is 12. The van der Waals surface area contributed by atoms with Crippen LogP contribution in [0.1, 0.15) is 37.0 Å². The average Bonchev–Trinajstić information content (AvgIpc) is 2.97. The number of nitrogens with zero attached hydrogens (tertiary/aromatic N) is 1. The highest BCUT2D eigenvalue weighted by molar-refractivity contribution is 9.10. The molecule has 0 aromatic heterocycles. The predicted octanol–water partition coefficient (Wildman–Crippen LogP) is 5.89. The molecule has 1 N–H and O–H groups in total. The molecule has 41 heavy (non-hydrogen) atoms. The maximum Gasteiger partial charge on any atom is 0.331 e. The molecule has 0 bridgehead atoms. The van der Waals surface area contributed by atoms with Gasteiger partial charge in [0, 0.05) is 4.47 Å². The molecule has 1 fully saturated rings. The van der Waals surface area contributed by atoms with E-state index in [1.165, 1.54) is 13.2 Å². The van der Waals surface area contributed by atoms with Crippen molar-refractivity contribution in [3.8, 4) is 23.0 Å². The lowest BCUT2D eigenvalue weighted by atomic mass is 10.1. The lowest BCUT2D eigenvalue weighted by molar-refractivity contribution is -0.130. The Morgan fingerprint density at radius 1 is 0.829 bits per heavy atom. The Hall–Kier alpha value is -4.31. The van der Waals surface area contributed by atoms with E-state index in [1.54, 1.807) is 36.4 Å². The van der Waals surface area contributed by atoms with Gasteiger partial charge in [0.25, 0.3) is 11.8 Å². The number of benzene rings is 3. The lowest BCUT2D eigenvalue weighted by Gasteiger charge is -2.26.